The van der Waals surface area contributed by atoms with Crippen molar-refractivity contribution >= 4 is 21.4 Å². The monoisotopic (exact) mass is 338 g/mol. The summed E-state index contributed by atoms with van der Waals surface area (Å²) in [6, 6.07) is 0. The van der Waals surface area contributed by atoms with Gasteiger partial charge < -0.3 is 0 Å². The Labute approximate surface area is 137 Å². The average molecular weight is 339 g/mol. The minimum atomic E-state index is -2.97. The van der Waals surface area contributed by atoms with Crippen LogP contribution in [0.1, 0.15) is 71.1 Å². The van der Waals surface area contributed by atoms with E-state index in [1.807, 2.05) is 0 Å². The zero-order chi connectivity index (χ0) is 15.8. The van der Waals surface area contributed by atoms with Crippen LogP contribution in [0.25, 0.3) is 0 Å². The fraction of sp³-hybridized carbons (Fsp3) is 1.00. The first kappa shape index (κ1) is 21.2. The molecule has 0 aliphatic rings. The molecule has 5 heteroatoms. The van der Waals surface area contributed by atoms with Gasteiger partial charge in [0.15, 0.2) is 9.84 Å². The Morgan fingerprint density at radius 3 is 1.81 bits per heavy atom. The van der Waals surface area contributed by atoms with Crippen molar-refractivity contribution in [1.29, 1.82) is 0 Å². The highest BCUT2D eigenvalue weighted by Crippen LogP contribution is 2.10. The number of sulfone groups is 1. The van der Waals surface area contributed by atoms with Gasteiger partial charge in [-0.05, 0) is 6.42 Å². The maximum atomic E-state index is 11.4. The number of unbranched alkanes of at least 4 members (excludes halogenated alkanes) is 9. The summed E-state index contributed by atoms with van der Waals surface area (Å²) >= 11 is 5.43. The fourth-order valence-corrected chi connectivity index (χ4v) is 3.80. The number of rotatable bonds is 16. The van der Waals surface area contributed by atoms with E-state index >= 15 is 0 Å². The lowest BCUT2D eigenvalue weighted by molar-refractivity contribution is 0.543. The maximum absolute atomic E-state index is 11.4. The van der Waals surface area contributed by atoms with E-state index in [0.717, 1.165) is 13.0 Å². The zero-order valence-electron chi connectivity index (χ0n) is 13.7. The Balaban J connectivity index is 3.16. The molecule has 0 aromatic heterocycles. The van der Waals surface area contributed by atoms with Crippen LogP contribution in [-0.4, -0.2) is 38.9 Å². The quantitative estimate of drug-likeness (QED) is 0.313. The third-order valence-corrected chi connectivity index (χ3v) is 5.66. The van der Waals surface area contributed by atoms with Gasteiger partial charge in [-0.25, -0.2) is 13.7 Å². The first-order chi connectivity index (χ1) is 10.1. The normalized spacial score (nSPS) is 11.9. The minimum absolute atomic E-state index is 0.0718. The summed E-state index contributed by atoms with van der Waals surface area (Å²) in [5.41, 5.74) is 0. The van der Waals surface area contributed by atoms with E-state index in [1.165, 1.54) is 57.8 Å². The molecule has 0 amide bonds. The van der Waals surface area contributed by atoms with Crippen molar-refractivity contribution in [2.75, 3.05) is 30.5 Å². The van der Waals surface area contributed by atoms with Crippen LogP contribution in [0.2, 0.25) is 0 Å². The van der Waals surface area contributed by atoms with Crippen LogP contribution < -0.4 is 5.32 Å². The van der Waals surface area contributed by atoms with Crippen molar-refractivity contribution in [3.05, 3.63) is 0 Å². The summed E-state index contributed by atoms with van der Waals surface area (Å²) in [5, 5.41) is 4.28. The lowest BCUT2D eigenvalue weighted by Crippen LogP contribution is -2.21. The van der Waals surface area contributed by atoms with Gasteiger partial charge in [-0.15, -0.1) is 11.6 Å². The van der Waals surface area contributed by atoms with Gasteiger partial charge in [-0.3, -0.25) is 0 Å². The summed E-state index contributed by atoms with van der Waals surface area (Å²) < 4.78 is 22.8. The fourth-order valence-electron chi connectivity index (χ4n) is 2.25. The molecule has 0 N–H and O–H groups in total. The van der Waals surface area contributed by atoms with Crippen LogP contribution in [0, 0.1) is 0 Å². The molecule has 0 aliphatic carbocycles. The molecule has 0 heterocycles. The number of halogens is 1. The first-order valence-corrected chi connectivity index (χ1v) is 10.9. The molecule has 0 bridgehead atoms. The van der Waals surface area contributed by atoms with E-state index in [2.05, 4.69) is 12.2 Å². The molecule has 0 aliphatic heterocycles. The number of nitrogens with zero attached hydrogens (tertiary/aromatic N) is 1. The Bertz CT molecular complexity index is 307. The summed E-state index contributed by atoms with van der Waals surface area (Å²) in [6.07, 6.45) is 13.1. The van der Waals surface area contributed by atoms with Crippen molar-refractivity contribution in [2.24, 2.45) is 0 Å². The molecule has 0 fully saturated rings. The number of alkyl halides is 1. The molecule has 0 saturated carbocycles. The second kappa shape index (κ2) is 15.1. The van der Waals surface area contributed by atoms with Crippen LogP contribution in [0.5, 0.6) is 0 Å². The number of hydrogen-bond acceptors (Lipinski definition) is 2. The third-order valence-electron chi connectivity index (χ3n) is 3.62. The predicted molar refractivity (Wildman–Crippen MR) is 93.1 cm³/mol. The third kappa shape index (κ3) is 16.4. The SMILES string of the molecule is CCCCCCCCCCCC[N]CCS(=O)(=O)CCCl. The highest BCUT2D eigenvalue weighted by Gasteiger charge is 2.08. The first-order valence-electron chi connectivity index (χ1n) is 8.52. The molecule has 0 aromatic rings. The molecular weight excluding hydrogens is 306 g/mol. The summed E-state index contributed by atoms with van der Waals surface area (Å²) in [5.74, 6) is 0.403. The largest absolute Gasteiger partial charge is 0.241 e. The molecule has 1 radical (unpaired) electrons. The standard InChI is InChI=1S/C16H33ClNO2S/c1-2-3-4-5-6-7-8-9-10-11-13-18-14-16-21(19,20)15-12-17/h2-16H2,1H3. The van der Waals surface area contributed by atoms with Crippen LogP contribution in [-0.2, 0) is 9.84 Å². The van der Waals surface area contributed by atoms with E-state index in [-0.39, 0.29) is 17.4 Å². The van der Waals surface area contributed by atoms with Crippen LogP contribution >= 0.6 is 11.6 Å². The topological polar surface area (TPSA) is 48.2 Å². The van der Waals surface area contributed by atoms with Crippen molar-refractivity contribution < 1.29 is 8.42 Å². The van der Waals surface area contributed by atoms with Crippen molar-refractivity contribution in [3.63, 3.8) is 0 Å². The molecule has 21 heavy (non-hydrogen) atoms. The lowest BCUT2D eigenvalue weighted by atomic mass is 10.1. The predicted octanol–water partition coefficient (Wildman–Crippen LogP) is 4.17. The van der Waals surface area contributed by atoms with Crippen molar-refractivity contribution in [3.8, 4) is 0 Å². The van der Waals surface area contributed by atoms with Gasteiger partial charge in [0.25, 0.3) is 0 Å². The van der Waals surface area contributed by atoms with Crippen molar-refractivity contribution in [1.82, 2.24) is 5.32 Å². The Kier molecular flexibility index (Phi) is 15.3. The van der Waals surface area contributed by atoms with Gasteiger partial charge in [-0.1, -0.05) is 64.7 Å². The molecule has 0 aromatic carbocycles. The molecule has 0 atom stereocenters. The van der Waals surface area contributed by atoms with E-state index in [9.17, 15) is 8.42 Å². The van der Waals surface area contributed by atoms with Crippen molar-refractivity contribution in [2.45, 2.75) is 71.1 Å². The Hall–Kier alpha value is 0.200. The summed E-state index contributed by atoms with van der Waals surface area (Å²) in [4.78, 5) is 0. The summed E-state index contributed by atoms with van der Waals surface area (Å²) in [7, 11) is -2.97. The maximum Gasteiger partial charge on any atom is 0.152 e. The molecule has 0 rings (SSSR count). The second-order valence-electron chi connectivity index (χ2n) is 5.69. The molecule has 3 nitrogen and oxygen atoms in total. The average Bonchev–Trinajstić information content (AvgIpc) is 2.44. The molecule has 127 valence electrons. The smallest absolute Gasteiger partial charge is 0.152 e. The van der Waals surface area contributed by atoms with E-state index in [0.29, 0.717) is 6.54 Å². The van der Waals surface area contributed by atoms with Gasteiger partial charge in [0.1, 0.15) is 0 Å². The number of hydrogen-bond donors (Lipinski definition) is 0. The highest BCUT2D eigenvalue weighted by atomic mass is 35.5. The van der Waals surface area contributed by atoms with Gasteiger partial charge in [0.2, 0.25) is 0 Å². The van der Waals surface area contributed by atoms with E-state index < -0.39 is 9.84 Å². The van der Waals surface area contributed by atoms with E-state index in [1.54, 1.807) is 0 Å². The van der Waals surface area contributed by atoms with Crippen LogP contribution in [0.15, 0.2) is 0 Å². The van der Waals surface area contributed by atoms with Gasteiger partial charge in [0.05, 0.1) is 11.5 Å². The van der Waals surface area contributed by atoms with Gasteiger partial charge in [0, 0.05) is 19.0 Å². The van der Waals surface area contributed by atoms with Crippen LogP contribution in [0.3, 0.4) is 0 Å². The minimum Gasteiger partial charge on any atom is -0.241 e. The van der Waals surface area contributed by atoms with Gasteiger partial charge in [-0.2, -0.15) is 0 Å². The summed E-state index contributed by atoms with van der Waals surface area (Å²) in [6.45, 7) is 3.47. The zero-order valence-corrected chi connectivity index (χ0v) is 15.2. The molecular formula is C16H33ClNO2S. The molecule has 0 saturated heterocycles. The lowest BCUT2D eigenvalue weighted by Gasteiger charge is -2.04. The highest BCUT2D eigenvalue weighted by molar-refractivity contribution is 7.91. The van der Waals surface area contributed by atoms with Crippen LogP contribution in [0.4, 0.5) is 0 Å². The molecule has 0 unspecified atom stereocenters. The van der Waals surface area contributed by atoms with E-state index in [4.69, 9.17) is 11.6 Å². The molecule has 0 spiro atoms. The Morgan fingerprint density at radius 1 is 0.762 bits per heavy atom. The second-order valence-corrected chi connectivity index (χ2v) is 8.38. The Morgan fingerprint density at radius 2 is 1.29 bits per heavy atom. The van der Waals surface area contributed by atoms with Gasteiger partial charge >= 0.3 is 0 Å².